The van der Waals surface area contributed by atoms with E-state index in [1.165, 1.54) is 0 Å². The maximum atomic E-state index is 11.3. The third kappa shape index (κ3) is 6.31. The summed E-state index contributed by atoms with van der Waals surface area (Å²) in [7, 11) is 2.16. The molecule has 5 nitrogen and oxygen atoms in total. The van der Waals surface area contributed by atoms with Gasteiger partial charge in [-0.15, -0.1) is 0 Å². The predicted molar refractivity (Wildman–Crippen MR) is 56.3 cm³/mol. The molecular formula is C8H20N2O3S. The second kappa shape index (κ2) is 5.65. The normalized spacial score (nSPS) is 13.1. The van der Waals surface area contributed by atoms with Crippen LogP contribution in [0.4, 0.5) is 0 Å². The van der Waals surface area contributed by atoms with Crippen LogP contribution in [0.1, 0.15) is 13.8 Å². The minimum Gasteiger partial charge on any atom is -0.267 e. The third-order valence-corrected chi connectivity index (χ3v) is 3.05. The smallest absolute Gasteiger partial charge is 0.267 e. The van der Waals surface area contributed by atoms with Crippen LogP contribution < -0.4 is 0 Å². The predicted octanol–water partition coefficient (Wildman–Crippen LogP) is 0.150. The molecule has 0 aliphatic heterocycles. The van der Waals surface area contributed by atoms with Crippen molar-refractivity contribution in [2.75, 3.05) is 33.4 Å². The highest BCUT2D eigenvalue weighted by Gasteiger charge is 2.14. The van der Waals surface area contributed by atoms with E-state index in [2.05, 4.69) is 0 Å². The van der Waals surface area contributed by atoms with Crippen LogP contribution in [-0.4, -0.2) is 58.0 Å². The zero-order valence-corrected chi connectivity index (χ0v) is 10.3. The first-order valence-corrected chi connectivity index (χ1v) is 6.11. The maximum absolute atomic E-state index is 11.3. The van der Waals surface area contributed by atoms with Crippen molar-refractivity contribution < 1.29 is 12.6 Å². The lowest BCUT2D eigenvalue weighted by Gasteiger charge is -2.23. The Labute approximate surface area is 86.7 Å². The van der Waals surface area contributed by atoms with Crippen LogP contribution in [0.3, 0.4) is 0 Å². The monoisotopic (exact) mass is 224 g/mol. The van der Waals surface area contributed by atoms with Gasteiger partial charge in [-0.2, -0.15) is 8.42 Å². The highest BCUT2D eigenvalue weighted by molar-refractivity contribution is 7.86. The van der Waals surface area contributed by atoms with E-state index in [0.717, 1.165) is 0 Å². The maximum Gasteiger partial charge on any atom is 0.268 e. The van der Waals surface area contributed by atoms with Gasteiger partial charge in [0.1, 0.15) is 0 Å². The number of hydrogen-bond donors (Lipinski definition) is 0. The lowest BCUT2D eigenvalue weighted by Crippen LogP contribution is -2.37. The Bertz CT molecular complexity index is 249. The molecule has 0 N–H and O–H groups in total. The Morgan fingerprint density at radius 3 is 2.07 bits per heavy atom. The molecule has 0 atom stereocenters. The third-order valence-electron chi connectivity index (χ3n) is 1.69. The van der Waals surface area contributed by atoms with E-state index in [1.807, 2.05) is 26.2 Å². The Balaban J connectivity index is 4.00. The summed E-state index contributed by atoms with van der Waals surface area (Å²) in [5.74, 6) is 0.0137. The van der Waals surface area contributed by atoms with Gasteiger partial charge in [0, 0.05) is 27.7 Å². The molecule has 0 aliphatic rings. The highest BCUT2D eigenvalue weighted by atomic mass is 32.2. The Hall–Kier alpha value is -0.170. The molecule has 0 fully saturated rings. The SMILES string of the molecule is CC(C)OS(=O)(=O)CCN(C)N(C)C. The fourth-order valence-corrected chi connectivity index (χ4v) is 1.96. The van der Waals surface area contributed by atoms with Gasteiger partial charge in [-0.05, 0) is 13.8 Å². The molecule has 0 aromatic heterocycles. The van der Waals surface area contributed by atoms with E-state index in [-0.39, 0.29) is 11.9 Å². The first-order chi connectivity index (χ1) is 6.24. The van der Waals surface area contributed by atoms with Crippen LogP contribution in [0.2, 0.25) is 0 Å². The van der Waals surface area contributed by atoms with Crippen LogP contribution in [0.25, 0.3) is 0 Å². The van der Waals surface area contributed by atoms with Gasteiger partial charge in [0.2, 0.25) is 0 Å². The fourth-order valence-electron chi connectivity index (χ4n) is 0.785. The van der Waals surface area contributed by atoms with Gasteiger partial charge in [0.05, 0.1) is 11.9 Å². The summed E-state index contributed by atoms with van der Waals surface area (Å²) in [4.78, 5) is 0. The van der Waals surface area contributed by atoms with E-state index < -0.39 is 10.1 Å². The lowest BCUT2D eigenvalue weighted by molar-refractivity contribution is 0.0628. The Kier molecular flexibility index (Phi) is 5.58. The summed E-state index contributed by atoms with van der Waals surface area (Å²) in [5, 5.41) is 3.63. The molecule has 0 bridgehead atoms. The standard InChI is InChI=1S/C8H20N2O3S/c1-8(2)13-14(11,12)7-6-10(5)9(3)4/h8H,6-7H2,1-5H3. The van der Waals surface area contributed by atoms with Gasteiger partial charge in [-0.3, -0.25) is 4.18 Å². The molecule has 0 saturated heterocycles. The van der Waals surface area contributed by atoms with Crippen molar-refractivity contribution >= 4 is 10.1 Å². The van der Waals surface area contributed by atoms with Crippen LogP contribution in [-0.2, 0) is 14.3 Å². The molecule has 0 aromatic carbocycles. The molecule has 0 amide bonds. The van der Waals surface area contributed by atoms with Gasteiger partial charge < -0.3 is 0 Å². The van der Waals surface area contributed by atoms with Gasteiger partial charge in [-0.25, -0.2) is 10.0 Å². The average Bonchev–Trinajstić information content (AvgIpc) is 1.97. The quantitative estimate of drug-likeness (QED) is 0.475. The molecule has 0 heterocycles. The number of hydrogen-bond acceptors (Lipinski definition) is 5. The molecule has 14 heavy (non-hydrogen) atoms. The first-order valence-electron chi connectivity index (χ1n) is 4.54. The van der Waals surface area contributed by atoms with Crippen molar-refractivity contribution in [1.82, 2.24) is 10.0 Å². The number of hydrazine groups is 1. The van der Waals surface area contributed by atoms with Gasteiger partial charge in [0.25, 0.3) is 10.1 Å². The molecular weight excluding hydrogens is 204 g/mol. The largest absolute Gasteiger partial charge is 0.268 e. The van der Waals surface area contributed by atoms with Crippen LogP contribution in [0.15, 0.2) is 0 Å². The summed E-state index contributed by atoms with van der Waals surface area (Å²) in [6.07, 6.45) is -0.287. The lowest BCUT2D eigenvalue weighted by atomic mass is 10.5. The molecule has 0 radical (unpaired) electrons. The van der Waals surface area contributed by atoms with Gasteiger partial charge in [0.15, 0.2) is 0 Å². The molecule has 0 unspecified atom stereocenters. The highest BCUT2D eigenvalue weighted by Crippen LogP contribution is 2.00. The van der Waals surface area contributed by atoms with Crippen molar-refractivity contribution in [1.29, 1.82) is 0 Å². The Morgan fingerprint density at radius 1 is 1.21 bits per heavy atom. The van der Waals surface area contributed by atoms with E-state index in [0.29, 0.717) is 6.54 Å². The second-order valence-corrected chi connectivity index (χ2v) is 5.35. The van der Waals surface area contributed by atoms with Crippen LogP contribution in [0, 0.1) is 0 Å². The Morgan fingerprint density at radius 2 is 1.71 bits per heavy atom. The van der Waals surface area contributed by atoms with E-state index >= 15 is 0 Å². The van der Waals surface area contributed by atoms with E-state index in [9.17, 15) is 8.42 Å². The minimum absolute atomic E-state index is 0.0137. The van der Waals surface area contributed by atoms with Gasteiger partial charge in [-0.1, -0.05) is 0 Å². The number of nitrogens with zero attached hydrogens (tertiary/aromatic N) is 2. The van der Waals surface area contributed by atoms with E-state index in [4.69, 9.17) is 4.18 Å². The summed E-state index contributed by atoms with van der Waals surface area (Å²) >= 11 is 0. The molecule has 86 valence electrons. The molecule has 0 saturated carbocycles. The van der Waals surface area contributed by atoms with Crippen molar-refractivity contribution in [2.24, 2.45) is 0 Å². The molecule has 0 spiro atoms. The average molecular weight is 224 g/mol. The summed E-state index contributed by atoms with van der Waals surface area (Å²) in [5.41, 5.74) is 0. The zero-order valence-electron chi connectivity index (χ0n) is 9.52. The van der Waals surface area contributed by atoms with Crippen molar-refractivity contribution in [2.45, 2.75) is 20.0 Å². The van der Waals surface area contributed by atoms with Crippen molar-refractivity contribution in [3.8, 4) is 0 Å². The summed E-state index contributed by atoms with van der Waals surface area (Å²) in [6, 6.07) is 0. The van der Waals surface area contributed by atoms with Crippen LogP contribution in [0.5, 0.6) is 0 Å². The summed E-state index contributed by atoms with van der Waals surface area (Å²) in [6.45, 7) is 3.84. The second-order valence-electron chi connectivity index (χ2n) is 3.64. The molecule has 0 aromatic rings. The topological polar surface area (TPSA) is 49.9 Å². The van der Waals surface area contributed by atoms with Crippen LogP contribution >= 0.6 is 0 Å². The van der Waals surface area contributed by atoms with E-state index in [1.54, 1.807) is 18.9 Å². The number of rotatable bonds is 6. The van der Waals surface area contributed by atoms with Crippen molar-refractivity contribution in [3.63, 3.8) is 0 Å². The first kappa shape index (κ1) is 13.8. The van der Waals surface area contributed by atoms with Gasteiger partial charge >= 0.3 is 0 Å². The fraction of sp³-hybridized carbons (Fsp3) is 1.00. The minimum atomic E-state index is -3.38. The molecule has 6 heteroatoms. The zero-order chi connectivity index (χ0) is 11.4. The molecule has 0 rings (SSSR count). The summed E-state index contributed by atoms with van der Waals surface area (Å²) < 4.78 is 27.4. The molecule has 0 aliphatic carbocycles. The van der Waals surface area contributed by atoms with Crippen molar-refractivity contribution in [3.05, 3.63) is 0 Å².